The van der Waals surface area contributed by atoms with Crippen molar-refractivity contribution in [3.8, 4) is 5.75 Å². The minimum Gasteiger partial charge on any atom is -0.495 e. The van der Waals surface area contributed by atoms with E-state index in [1.165, 1.54) is 6.92 Å². The fourth-order valence-corrected chi connectivity index (χ4v) is 1.79. The largest absolute Gasteiger partial charge is 0.495 e. The van der Waals surface area contributed by atoms with Gasteiger partial charge in [-0.2, -0.15) is 0 Å². The minimum absolute atomic E-state index is 0.161. The number of hydrogen-bond acceptors (Lipinski definition) is 3. The molecule has 0 bridgehead atoms. The third-order valence-corrected chi connectivity index (χ3v) is 2.53. The van der Waals surface area contributed by atoms with Crippen molar-refractivity contribution in [3.63, 3.8) is 0 Å². The molecule has 0 atom stereocenters. The summed E-state index contributed by atoms with van der Waals surface area (Å²) >= 11 is 5.82. The van der Waals surface area contributed by atoms with Gasteiger partial charge in [-0.3, -0.25) is 4.79 Å². The normalized spacial score (nSPS) is 10.3. The first kappa shape index (κ1) is 11.7. The number of aromatic nitrogens is 1. The molecule has 17 heavy (non-hydrogen) atoms. The Hall–Kier alpha value is -1.81. The first-order valence-corrected chi connectivity index (χ1v) is 5.40. The lowest BCUT2D eigenvalue weighted by atomic mass is 10.1. The number of carbonyl (C=O) groups is 1. The number of amides is 1. The lowest BCUT2D eigenvalue weighted by Gasteiger charge is -2.11. The number of nitrogens with zero attached hydrogens (tertiary/aromatic N) is 1. The zero-order valence-electron chi connectivity index (χ0n) is 9.45. The first-order valence-electron chi connectivity index (χ1n) is 5.02. The molecule has 1 heterocycles. The summed E-state index contributed by atoms with van der Waals surface area (Å²) in [7, 11) is 1.55. The van der Waals surface area contributed by atoms with E-state index in [2.05, 4.69) is 10.3 Å². The summed E-state index contributed by atoms with van der Waals surface area (Å²) in [5, 5.41) is 3.95. The standard InChI is InChI=1S/C12H11ClN2O2/c1-7(16)14-12-8-3-6-11(13)15-9(8)4-5-10(12)17-2/h3-6H,1-2H3,(H,14,16). The van der Waals surface area contributed by atoms with Crippen molar-refractivity contribution in [2.45, 2.75) is 6.92 Å². The van der Waals surface area contributed by atoms with E-state index in [0.29, 0.717) is 22.1 Å². The fourth-order valence-electron chi connectivity index (χ4n) is 1.63. The maximum atomic E-state index is 11.2. The number of hydrogen-bond donors (Lipinski definition) is 1. The number of fused-ring (bicyclic) bond motifs is 1. The van der Waals surface area contributed by atoms with Crippen LogP contribution in [0, 0.1) is 0 Å². The minimum atomic E-state index is -0.161. The molecule has 0 aliphatic carbocycles. The highest BCUT2D eigenvalue weighted by Gasteiger charge is 2.10. The van der Waals surface area contributed by atoms with Crippen LogP contribution < -0.4 is 10.1 Å². The van der Waals surface area contributed by atoms with Crippen LogP contribution in [0.1, 0.15) is 6.92 Å². The Balaban J connectivity index is 2.69. The third kappa shape index (κ3) is 2.31. The van der Waals surface area contributed by atoms with Gasteiger partial charge in [0.1, 0.15) is 10.9 Å². The summed E-state index contributed by atoms with van der Waals surface area (Å²) in [6.07, 6.45) is 0. The Labute approximate surface area is 104 Å². The molecule has 0 aliphatic rings. The van der Waals surface area contributed by atoms with E-state index < -0.39 is 0 Å². The van der Waals surface area contributed by atoms with Crippen LogP contribution in [0.4, 0.5) is 5.69 Å². The van der Waals surface area contributed by atoms with Crippen molar-refractivity contribution in [2.75, 3.05) is 12.4 Å². The highest BCUT2D eigenvalue weighted by Crippen LogP contribution is 2.32. The molecule has 0 aliphatic heterocycles. The summed E-state index contributed by atoms with van der Waals surface area (Å²) in [6.45, 7) is 1.45. The molecule has 1 amide bonds. The van der Waals surface area contributed by atoms with Crippen LogP contribution in [-0.4, -0.2) is 18.0 Å². The zero-order chi connectivity index (χ0) is 12.4. The smallest absolute Gasteiger partial charge is 0.221 e. The number of ether oxygens (including phenoxy) is 1. The second kappa shape index (κ2) is 4.59. The molecule has 1 N–H and O–H groups in total. The quantitative estimate of drug-likeness (QED) is 0.834. The average Bonchev–Trinajstić information content (AvgIpc) is 2.28. The van der Waals surface area contributed by atoms with Crippen molar-refractivity contribution in [3.05, 3.63) is 29.4 Å². The van der Waals surface area contributed by atoms with Gasteiger partial charge in [0.15, 0.2) is 0 Å². The van der Waals surface area contributed by atoms with Gasteiger partial charge < -0.3 is 10.1 Å². The summed E-state index contributed by atoms with van der Waals surface area (Å²) in [6, 6.07) is 7.02. The summed E-state index contributed by atoms with van der Waals surface area (Å²) in [4.78, 5) is 15.4. The predicted octanol–water partition coefficient (Wildman–Crippen LogP) is 2.86. The molecule has 1 aromatic heterocycles. The predicted molar refractivity (Wildman–Crippen MR) is 67.6 cm³/mol. The van der Waals surface area contributed by atoms with Crippen molar-refractivity contribution in [1.82, 2.24) is 4.98 Å². The highest BCUT2D eigenvalue weighted by molar-refractivity contribution is 6.29. The van der Waals surface area contributed by atoms with Crippen molar-refractivity contribution >= 4 is 34.1 Å². The van der Waals surface area contributed by atoms with Gasteiger partial charge in [0, 0.05) is 12.3 Å². The lowest BCUT2D eigenvalue weighted by molar-refractivity contribution is -0.114. The van der Waals surface area contributed by atoms with Gasteiger partial charge in [0.05, 0.1) is 18.3 Å². The molecule has 2 rings (SSSR count). The molecule has 0 radical (unpaired) electrons. The Bertz CT molecular complexity index is 584. The average molecular weight is 251 g/mol. The molecule has 1 aromatic carbocycles. The molecular formula is C12H11ClN2O2. The molecule has 0 fully saturated rings. The summed E-state index contributed by atoms with van der Waals surface area (Å²) in [5.41, 5.74) is 1.32. The third-order valence-electron chi connectivity index (χ3n) is 2.32. The lowest BCUT2D eigenvalue weighted by Crippen LogP contribution is -2.07. The van der Waals surface area contributed by atoms with E-state index in [1.807, 2.05) is 0 Å². The van der Waals surface area contributed by atoms with Gasteiger partial charge in [0.2, 0.25) is 5.91 Å². The second-order valence-corrected chi connectivity index (χ2v) is 3.91. The van der Waals surface area contributed by atoms with Gasteiger partial charge in [-0.05, 0) is 24.3 Å². The molecule has 5 heteroatoms. The zero-order valence-corrected chi connectivity index (χ0v) is 10.2. The molecule has 0 unspecified atom stereocenters. The Morgan fingerprint density at radius 1 is 1.35 bits per heavy atom. The molecule has 4 nitrogen and oxygen atoms in total. The van der Waals surface area contributed by atoms with Crippen LogP contribution in [0.2, 0.25) is 5.15 Å². The summed E-state index contributed by atoms with van der Waals surface area (Å²) < 4.78 is 5.21. The Kier molecular flexibility index (Phi) is 3.15. The number of methoxy groups -OCH3 is 1. The van der Waals surface area contributed by atoms with Gasteiger partial charge >= 0.3 is 0 Å². The Morgan fingerprint density at radius 2 is 2.12 bits per heavy atom. The van der Waals surface area contributed by atoms with Crippen LogP contribution in [-0.2, 0) is 4.79 Å². The topological polar surface area (TPSA) is 51.2 Å². The van der Waals surface area contributed by atoms with Crippen molar-refractivity contribution < 1.29 is 9.53 Å². The monoisotopic (exact) mass is 250 g/mol. The van der Waals surface area contributed by atoms with Gasteiger partial charge in [0.25, 0.3) is 0 Å². The van der Waals surface area contributed by atoms with E-state index in [9.17, 15) is 4.79 Å². The highest BCUT2D eigenvalue weighted by atomic mass is 35.5. The molecule has 88 valence electrons. The van der Waals surface area contributed by atoms with Crippen LogP contribution in [0.3, 0.4) is 0 Å². The van der Waals surface area contributed by atoms with Gasteiger partial charge in [-0.15, -0.1) is 0 Å². The van der Waals surface area contributed by atoms with Crippen molar-refractivity contribution in [1.29, 1.82) is 0 Å². The van der Waals surface area contributed by atoms with Gasteiger partial charge in [-0.25, -0.2) is 4.98 Å². The van der Waals surface area contributed by atoms with Crippen LogP contribution in [0.5, 0.6) is 5.75 Å². The number of halogens is 1. The maximum Gasteiger partial charge on any atom is 0.221 e. The number of rotatable bonds is 2. The molecule has 2 aromatic rings. The summed E-state index contributed by atoms with van der Waals surface area (Å²) in [5.74, 6) is 0.433. The van der Waals surface area contributed by atoms with Gasteiger partial charge in [-0.1, -0.05) is 11.6 Å². The molecule has 0 saturated heterocycles. The van der Waals surface area contributed by atoms with E-state index in [4.69, 9.17) is 16.3 Å². The molecular weight excluding hydrogens is 240 g/mol. The van der Waals surface area contributed by atoms with E-state index >= 15 is 0 Å². The van der Waals surface area contributed by atoms with E-state index in [-0.39, 0.29) is 5.91 Å². The van der Waals surface area contributed by atoms with Crippen LogP contribution in [0.15, 0.2) is 24.3 Å². The van der Waals surface area contributed by atoms with E-state index in [1.54, 1.807) is 31.4 Å². The maximum absolute atomic E-state index is 11.2. The van der Waals surface area contributed by atoms with Crippen molar-refractivity contribution in [2.24, 2.45) is 0 Å². The number of pyridine rings is 1. The fraction of sp³-hybridized carbons (Fsp3) is 0.167. The van der Waals surface area contributed by atoms with Crippen LogP contribution in [0.25, 0.3) is 10.9 Å². The number of nitrogens with one attached hydrogen (secondary N) is 1. The Morgan fingerprint density at radius 3 is 2.76 bits per heavy atom. The molecule has 0 spiro atoms. The number of carbonyl (C=O) groups excluding carboxylic acids is 1. The second-order valence-electron chi connectivity index (χ2n) is 3.52. The first-order chi connectivity index (χ1) is 8.11. The number of benzene rings is 1. The SMILES string of the molecule is COc1ccc2nc(Cl)ccc2c1NC(C)=O. The van der Waals surface area contributed by atoms with E-state index in [0.717, 1.165) is 5.39 Å². The molecule has 0 saturated carbocycles. The number of anilines is 1. The van der Waals surface area contributed by atoms with Crippen LogP contribution >= 0.6 is 11.6 Å².